The van der Waals surface area contributed by atoms with Gasteiger partial charge in [0.05, 0.1) is 35.9 Å². The van der Waals surface area contributed by atoms with Crippen LogP contribution in [0.3, 0.4) is 0 Å². The van der Waals surface area contributed by atoms with Crippen LogP contribution in [-0.2, 0) is 51.4 Å². The summed E-state index contributed by atoms with van der Waals surface area (Å²) in [5.41, 5.74) is -2.72. The van der Waals surface area contributed by atoms with E-state index in [2.05, 4.69) is 96.6 Å². The summed E-state index contributed by atoms with van der Waals surface area (Å²) in [4.78, 5) is 30.6. The summed E-state index contributed by atoms with van der Waals surface area (Å²) >= 11 is 0. The van der Waals surface area contributed by atoms with Crippen LogP contribution in [-0.4, -0.2) is 92.1 Å². The Morgan fingerprint density at radius 2 is 1.59 bits per heavy atom. The molecular weight excluding hydrogens is 1090 g/mol. The van der Waals surface area contributed by atoms with Gasteiger partial charge in [-0.1, -0.05) is 104 Å². The third-order valence-electron chi connectivity index (χ3n) is 29.3. The first-order chi connectivity index (χ1) is 42.6. The summed E-state index contributed by atoms with van der Waals surface area (Å²) < 4.78 is 14.6. The molecule has 1 saturated heterocycles. The first kappa shape index (κ1) is 57.3. The highest BCUT2D eigenvalue weighted by Gasteiger charge is 2.89. The Balaban J connectivity index is 0.918. The lowest BCUT2D eigenvalue weighted by Gasteiger charge is -2.76. The maximum absolute atomic E-state index is 16.2. The Labute approximate surface area is 521 Å². The van der Waals surface area contributed by atoms with Gasteiger partial charge >= 0.3 is 5.97 Å². The molecule has 12 aliphatic carbocycles. The second-order valence-corrected chi connectivity index (χ2v) is 32.5. The number of benzene rings is 3. The molecule has 25 atom stereocenters. The van der Waals surface area contributed by atoms with Crippen LogP contribution in [0.15, 0.2) is 84.4 Å². The minimum Gasteiger partial charge on any atom is -0.454 e. The number of aliphatic hydroxyl groups is 5. The first-order valence-corrected chi connectivity index (χ1v) is 35.0. The summed E-state index contributed by atoms with van der Waals surface area (Å²) in [7, 11) is 1.96. The zero-order valence-electron chi connectivity index (χ0n) is 51.9. The van der Waals surface area contributed by atoms with Gasteiger partial charge in [-0.05, 0) is 228 Å². The molecule has 15 aliphatic rings. The zero-order chi connectivity index (χ0) is 59.9. The molecule has 9 saturated carbocycles. The summed E-state index contributed by atoms with van der Waals surface area (Å²) in [6, 6.07) is 26.0. The van der Waals surface area contributed by atoms with Crippen molar-refractivity contribution in [2.45, 2.75) is 208 Å². The summed E-state index contributed by atoms with van der Waals surface area (Å²) in [5, 5.41) is 76.3. The van der Waals surface area contributed by atoms with Crippen LogP contribution >= 0.6 is 0 Å². The van der Waals surface area contributed by atoms with Crippen LogP contribution in [0.2, 0.25) is 0 Å². The quantitative estimate of drug-likeness (QED) is 0.0823. The van der Waals surface area contributed by atoms with Gasteiger partial charge < -0.3 is 45.1 Å². The zero-order valence-corrected chi connectivity index (χ0v) is 51.9. The minimum absolute atomic E-state index is 0.0729. The lowest BCUT2D eigenvalue weighted by atomic mass is 9.30. The van der Waals surface area contributed by atoms with E-state index >= 15 is 20.1 Å². The van der Waals surface area contributed by atoms with E-state index in [9.17, 15) is 15.0 Å². The third-order valence-corrected chi connectivity index (χ3v) is 29.3. The van der Waals surface area contributed by atoms with Crippen molar-refractivity contribution < 1.29 is 44.6 Å². The Hall–Kier alpha value is -4.62. The van der Waals surface area contributed by atoms with Gasteiger partial charge in [0.15, 0.2) is 0 Å². The first-order valence-electron chi connectivity index (χ1n) is 35.0. The average Bonchev–Trinajstić information content (AvgIpc) is 1.15. The van der Waals surface area contributed by atoms with Gasteiger partial charge in [-0.2, -0.15) is 0 Å². The molecule has 3 aromatic rings. The summed E-state index contributed by atoms with van der Waals surface area (Å²) in [6.45, 7) is 2.30. The van der Waals surface area contributed by atoms with E-state index in [0.717, 1.165) is 118 Å². The summed E-state index contributed by atoms with van der Waals surface area (Å²) in [5.74, 6) is 12.9. The van der Waals surface area contributed by atoms with Crippen molar-refractivity contribution in [3.05, 3.63) is 118 Å². The normalized spacial score (nSPS) is 48.4. The van der Waals surface area contributed by atoms with Crippen molar-refractivity contribution in [3.63, 3.8) is 0 Å². The maximum atomic E-state index is 16.2. The van der Waals surface area contributed by atoms with Crippen molar-refractivity contribution in [2.24, 2.45) is 105 Å². The van der Waals surface area contributed by atoms with Crippen LogP contribution < -0.4 is 5.32 Å². The number of esters is 1. The molecule has 3 aliphatic heterocycles. The van der Waals surface area contributed by atoms with E-state index in [1.54, 1.807) is 6.08 Å². The Bertz CT molecular complexity index is 3480. The topological polar surface area (TPSA) is 166 Å². The van der Waals surface area contributed by atoms with Crippen LogP contribution in [0.4, 0.5) is 0 Å². The van der Waals surface area contributed by atoms with Crippen molar-refractivity contribution in [1.29, 1.82) is 0 Å². The smallest absolute Gasteiger partial charge is 0.331 e. The summed E-state index contributed by atoms with van der Waals surface area (Å²) in [6.07, 6.45) is 17.0. The molecule has 3 spiro atoms. The molecular formula is C78H93NO9. The van der Waals surface area contributed by atoms with Crippen LogP contribution in [0.5, 0.6) is 0 Å². The number of aldehydes is 1. The fourth-order valence-corrected chi connectivity index (χ4v) is 26.0. The molecule has 88 heavy (non-hydrogen) atoms. The number of hydrogen-bond acceptors (Lipinski definition) is 10. The second-order valence-electron chi connectivity index (χ2n) is 32.5. The number of ether oxygens (including phenoxy) is 2. The highest BCUT2D eigenvalue weighted by molar-refractivity contribution is 5.86. The third kappa shape index (κ3) is 7.82. The van der Waals surface area contributed by atoms with Gasteiger partial charge in [0, 0.05) is 69.9 Å². The molecule has 10 fully saturated rings. The van der Waals surface area contributed by atoms with Crippen molar-refractivity contribution in [2.75, 3.05) is 7.05 Å². The van der Waals surface area contributed by atoms with E-state index in [1.807, 2.05) is 19.2 Å². The molecule has 6 N–H and O–H groups in total. The van der Waals surface area contributed by atoms with E-state index in [-0.39, 0.29) is 66.6 Å². The van der Waals surface area contributed by atoms with Gasteiger partial charge in [-0.3, -0.25) is 0 Å². The standard InChI is InChI=1S/C78H93NO9/c1-45-51-20-19-49(30-51)28-47-13-8-14-48(27-47)31-59-35-58-32-56-38-73(58)43-75(44-81)69-54(17-10-16-53(56)29-46-11-4-3-5-12-46)39-74-42-72(24-6-7-25-72)26-23-50-15-9-18-55(41-80)60(50)36-65(79-2)61-33-57(67(74)62-37-66(82)88-68(61)62)40-76(74,84)78(69,86)70(83)64-34-52(45)21-22-63(71(73)87-59)77(64,75)85/h3-5,8-9,11-15,18,27,37,44-45,49,51-54,56-59,61,63-65,67-71,79-80,83-86H,6-7,16,19-22,24-25,28-36,38-43H2,1-2H3/t45-,49-,51+,52-,53-,54-,56+,57-,58+,59-,61-,63-,64-,65+,67+,68-,69+,70+,71+,73+,74-,75-,76+,77+,78+/m0/s1. The molecule has 10 heteroatoms. The largest absolute Gasteiger partial charge is 0.454 e. The number of carbonyl (C=O) groups is 2. The van der Waals surface area contributed by atoms with Gasteiger partial charge in [0.1, 0.15) is 23.6 Å². The van der Waals surface area contributed by atoms with Crippen molar-refractivity contribution in [1.82, 2.24) is 5.32 Å². The van der Waals surface area contributed by atoms with E-state index in [4.69, 9.17) is 9.47 Å². The molecule has 0 radical (unpaired) electrons. The Morgan fingerprint density at radius 1 is 0.795 bits per heavy atom. The van der Waals surface area contributed by atoms with Gasteiger partial charge in [-0.15, -0.1) is 5.92 Å². The molecule has 0 aromatic heterocycles. The molecule has 15 bridgehead atoms. The Kier molecular flexibility index (Phi) is 13.3. The molecule has 0 unspecified atom stereocenters. The number of hydrogen-bond donors (Lipinski definition) is 6. The molecule has 3 heterocycles. The average molecular weight is 1190 g/mol. The maximum Gasteiger partial charge on any atom is 0.331 e. The van der Waals surface area contributed by atoms with Crippen LogP contribution in [0, 0.1) is 128 Å². The predicted octanol–water partition coefficient (Wildman–Crippen LogP) is 10.2. The molecule has 0 amide bonds. The van der Waals surface area contributed by atoms with Crippen LogP contribution in [0.1, 0.15) is 162 Å². The number of aliphatic hydroxyl groups excluding tert-OH is 2. The predicted molar refractivity (Wildman–Crippen MR) is 333 cm³/mol. The molecule has 18 rings (SSSR count). The highest BCUT2D eigenvalue weighted by atomic mass is 16.5. The number of carbonyl (C=O) groups excluding carboxylic acids is 2. The van der Waals surface area contributed by atoms with Crippen LogP contribution in [0.25, 0.3) is 0 Å². The fraction of sp³-hybridized carbons (Fsp3) is 0.667. The van der Waals surface area contributed by atoms with E-state index < -0.39 is 92.3 Å². The van der Waals surface area contributed by atoms with Crippen molar-refractivity contribution >= 4 is 12.3 Å². The number of likely N-dealkylation sites (N-methyl/N-ethyl adjacent to an activating group) is 1. The Morgan fingerprint density at radius 3 is 2.40 bits per heavy atom. The molecule has 3 aromatic carbocycles. The van der Waals surface area contributed by atoms with E-state index in [1.165, 1.54) is 16.7 Å². The van der Waals surface area contributed by atoms with Gasteiger partial charge in [0.2, 0.25) is 0 Å². The monoisotopic (exact) mass is 1190 g/mol. The van der Waals surface area contributed by atoms with E-state index in [0.29, 0.717) is 63.2 Å². The van der Waals surface area contributed by atoms with Gasteiger partial charge in [0.25, 0.3) is 0 Å². The molecule has 10 nitrogen and oxygen atoms in total. The van der Waals surface area contributed by atoms with Gasteiger partial charge in [-0.25, -0.2) is 4.79 Å². The number of nitrogens with one attached hydrogen (secondary N) is 1. The molecule has 464 valence electrons. The fourth-order valence-electron chi connectivity index (χ4n) is 26.0. The second kappa shape index (κ2) is 20.4. The number of rotatable bonds is 5. The lowest BCUT2D eigenvalue weighted by molar-refractivity contribution is -0.398. The number of fused-ring (bicyclic) bond motifs is 10. The minimum atomic E-state index is -2.35. The lowest BCUT2D eigenvalue weighted by Crippen LogP contribution is -2.88. The highest BCUT2D eigenvalue weighted by Crippen LogP contribution is 2.82. The SMILES string of the molecule is CN[C@@H]1Cc2c(cccc2CO)C#CC2(CCCC2)C[C@]23C[C@@H]4C#CC[C@@H](Cc5ccccc5)[C@@H]5C[C@@H]6C[C@@H]7Cc8cccc(c8)C[C@@H]8CC[C@H](C8)[C@H](C)[C@H]8CC[C@H]9[C@@H](O7)[C@]6(C5)C[C@]5(C=O)[C@@H]4[C@@](O)([C@H](O)[C@H](C8)[C@]95O)[C@@]2(O)C[C@@H]2C[C@@H]1[C@@H]1OC(=O)C=C1[C@@H]23. The van der Waals surface area contributed by atoms with Crippen molar-refractivity contribution in [3.8, 4) is 23.7 Å².